The number of nitrogens with one attached hydrogen (secondary N) is 1. The van der Waals surface area contributed by atoms with Gasteiger partial charge in [-0.2, -0.15) is 5.10 Å². The van der Waals surface area contributed by atoms with Crippen LogP contribution in [-0.4, -0.2) is 9.78 Å². The molecule has 2 heterocycles. The molecule has 4 heteroatoms. The molecule has 1 N–H and O–H groups in total. The second kappa shape index (κ2) is 8.81. The summed E-state index contributed by atoms with van der Waals surface area (Å²) in [6.45, 7) is 5.20. The van der Waals surface area contributed by atoms with Gasteiger partial charge in [-0.1, -0.05) is 25.2 Å². The first-order valence-corrected chi connectivity index (χ1v) is 10.8. The number of hydrogen-bond donors (Lipinski definition) is 1. The number of fused-ring (bicyclic) bond motifs is 1. The van der Waals surface area contributed by atoms with Crippen LogP contribution in [0.3, 0.4) is 0 Å². The largest absolute Gasteiger partial charge is 0.377 e. The summed E-state index contributed by atoms with van der Waals surface area (Å²) in [7, 11) is 0. The first-order chi connectivity index (χ1) is 14.2. The molecule has 0 saturated heterocycles. The molecule has 1 aliphatic heterocycles. The summed E-state index contributed by atoms with van der Waals surface area (Å²) >= 11 is 0. The van der Waals surface area contributed by atoms with E-state index in [1.807, 2.05) is 0 Å². The maximum absolute atomic E-state index is 13.2. The van der Waals surface area contributed by atoms with Gasteiger partial charge in [-0.05, 0) is 86.9 Å². The molecule has 0 bridgehead atoms. The molecule has 1 aliphatic carbocycles. The number of anilines is 1. The monoisotopic (exact) mass is 391 g/mol. The number of aryl methyl sites for hydroxylation is 1. The number of halogens is 1. The number of allylic oxidation sites excluding steroid dienone is 6. The SMILES string of the molecule is C\C=C/C(=C\C(=C\CC)C1CC1)c1cc2n(n1)CCCC2Nc1ccc(F)cc1. The zero-order valence-corrected chi connectivity index (χ0v) is 17.4. The van der Waals surface area contributed by atoms with E-state index in [2.05, 4.69) is 54.2 Å². The molecule has 1 aromatic heterocycles. The minimum Gasteiger partial charge on any atom is -0.377 e. The Balaban J connectivity index is 1.63. The van der Waals surface area contributed by atoms with Crippen LogP contribution in [0.15, 0.2) is 60.2 Å². The zero-order chi connectivity index (χ0) is 20.2. The fourth-order valence-corrected chi connectivity index (χ4v) is 4.08. The predicted octanol–water partition coefficient (Wildman–Crippen LogP) is 6.68. The molecular weight excluding hydrogens is 361 g/mol. The van der Waals surface area contributed by atoms with E-state index < -0.39 is 0 Å². The summed E-state index contributed by atoms with van der Waals surface area (Å²) in [4.78, 5) is 0. The first kappa shape index (κ1) is 19.7. The van der Waals surface area contributed by atoms with Crippen molar-refractivity contribution in [3.8, 4) is 0 Å². The fourth-order valence-electron chi connectivity index (χ4n) is 4.08. The van der Waals surface area contributed by atoms with Gasteiger partial charge in [0.2, 0.25) is 0 Å². The normalized spacial score (nSPS) is 20.2. The molecule has 4 rings (SSSR count). The van der Waals surface area contributed by atoms with E-state index in [0.29, 0.717) is 0 Å². The standard InChI is InChI=1S/C25H30FN3/c1-3-6-19(18-9-10-18)16-20(7-4-2)24-17-25-23(8-5-15-29(25)28-24)27-22-13-11-21(26)12-14-22/h4,6-7,11-14,16-18,23,27H,3,5,8-10,15H2,1-2H3/b7-4-,19-6-,20-16+. The van der Waals surface area contributed by atoms with E-state index in [1.165, 1.54) is 41.8 Å². The number of hydrogen-bond acceptors (Lipinski definition) is 2. The van der Waals surface area contributed by atoms with E-state index >= 15 is 0 Å². The summed E-state index contributed by atoms with van der Waals surface area (Å²) in [6, 6.07) is 9.02. The average molecular weight is 392 g/mol. The van der Waals surface area contributed by atoms with Crippen molar-refractivity contribution in [3.05, 3.63) is 77.4 Å². The van der Waals surface area contributed by atoms with Crippen molar-refractivity contribution in [3.63, 3.8) is 0 Å². The van der Waals surface area contributed by atoms with Crippen molar-refractivity contribution < 1.29 is 4.39 Å². The third kappa shape index (κ3) is 4.69. The number of rotatable bonds is 7. The van der Waals surface area contributed by atoms with Gasteiger partial charge in [-0.3, -0.25) is 4.68 Å². The van der Waals surface area contributed by atoms with Crippen molar-refractivity contribution in [2.75, 3.05) is 5.32 Å². The van der Waals surface area contributed by atoms with Gasteiger partial charge in [0, 0.05) is 17.8 Å². The molecule has 1 unspecified atom stereocenters. The predicted molar refractivity (Wildman–Crippen MR) is 118 cm³/mol. The van der Waals surface area contributed by atoms with Gasteiger partial charge in [0.15, 0.2) is 0 Å². The molecule has 1 fully saturated rings. The topological polar surface area (TPSA) is 29.9 Å². The molecule has 2 aliphatic rings. The molecule has 1 saturated carbocycles. The van der Waals surface area contributed by atoms with Crippen LogP contribution in [-0.2, 0) is 6.54 Å². The Hall–Kier alpha value is -2.62. The van der Waals surface area contributed by atoms with Crippen LogP contribution in [0.4, 0.5) is 10.1 Å². The summed E-state index contributed by atoms with van der Waals surface area (Å²) in [5, 5.41) is 8.50. The maximum atomic E-state index is 13.2. The lowest BCUT2D eigenvalue weighted by Gasteiger charge is -2.25. The summed E-state index contributed by atoms with van der Waals surface area (Å²) in [5.74, 6) is 0.514. The van der Waals surface area contributed by atoms with Crippen molar-refractivity contribution in [1.29, 1.82) is 0 Å². The number of nitrogens with zero attached hydrogens (tertiary/aromatic N) is 2. The van der Waals surface area contributed by atoms with Crippen molar-refractivity contribution in [2.45, 2.75) is 58.5 Å². The van der Waals surface area contributed by atoms with E-state index in [-0.39, 0.29) is 11.9 Å². The van der Waals surface area contributed by atoms with E-state index in [4.69, 9.17) is 5.10 Å². The minimum atomic E-state index is -0.209. The Morgan fingerprint density at radius 1 is 1.24 bits per heavy atom. The average Bonchev–Trinajstić information content (AvgIpc) is 3.47. The maximum Gasteiger partial charge on any atom is 0.123 e. The van der Waals surface area contributed by atoms with Crippen LogP contribution in [0.5, 0.6) is 0 Å². The van der Waals surface area contributed by atoms with E-state index in [0.717, 1.165) is 43.1 Å². The minimum absolute atomic E-state index is 0.191. The summed E-state index contributed by atoms with van der Waals surface area (Å²) in [5.41, 5.74) is 5.82. The molecule has 0 spiro atoms. The Morgan fingerprint density at radius 3 is 2.72 bits per heavy atom. The highest BCUT2D eigenvalue weighted by atomic mass is 19.1. The van der Waals surface area contributed by atoms with Crippen molar-refractivity contribution in [1.82, 2.24) is 9.78 Å². The Kier molecular flexibility index (Phi) is 5.98. The van der Waals surface area contributed by atoms with E-state index in [1.54, 1.807) is 12.1 Å². The molecule has 29 heavy (non-hydrogen) atoms. The Labute approximate surface area is 173 Å². The van der Waals surface area contributed by atoms with Gasteiger partial charge in [0.25, 0.3) is 0 Å². The molecule has 152 valence electrons. The highest BCUT2D eigenvalue weighted by Gasteiger charge is 2.26. The third-order valence-electron chi connectivity index (χ3n) is 5.67. The van der Waals surface area contributed by atoms with Crippen LogP contribution in [0.25, 0.3) is 5.57 Å². The van der Waals surface area contributed by atoms with Gasteiger partial charge < -0.3 is 5.32 Å². The molecule has 2 aromatic rings. The smallest absolute Gasteiger partial charge is 0.123 e. The molecule has 1 atom stereocenters. The number of aromatic nitrogens is 2. The van der Waals surface area contributed by atoms with E-state index in [9.17, 15) is 4.39 Å². The van der Waals surface area contributed by atoms with Crippen molar-refractivity contribution >= 4 is 11.3 Å². The van der Waals surface area contributed by atoms with Crippen LogP contribution >= 0.6 is 0 Å². The molecule has 3 nitrogen and oxygen atoms in total. The summed E-state index contributed by atoms with van der Waals surface area (Å²) in [6.07, 6.45) is 14.7. The lowest BCUT2D eigenvalue weighted by molar-refractivity contribution is 0.445. The van der Waals surface area contributed by atoms with Gasteiger partial charge in [-0.15, -0.1) is 0 Å². The third-order valence-corrected chi connectivity index (χ3v) is 5.67. The molecular formula is C25H30FN3. The second-order valence-electron chi connectivity index (χ2n) is 8.01. The number of benzene rings is 1. The summed E-state index contributed by atoms with van der Waals surface area (Å²) < 4.78 is 15.4. The van der Waals surface area contributed by atoms with Gasteiger partial charge in [0.05, 0.1) is 17.4 Å². The quantitative estimate of drug-likeness (QED) is 0.534. The highest BCUT2D eigenvalue weighted by Crippen LogP contribution is 2.39. The van der Waals surface area contributed by atoms with Gasteiger partial charge >= 0.3 is 0 Å². The van der Waals surface area contributed by atoms with Crippen LogP contribution in [0.2, 0.25) is 0 Å². The Morgan fingerprint density at radius 2 is 2.03 bits per heavy atom. The zero-order valence-electron chi connectivity index (χ0n) is 17.4. The Bertz CT molecular complexity index is 929. The molecule has 0 radical (unpaired) electrons. The molecule has 0 amide bonds. The van der Waals surface area contributed by atoms with Crippen molar-refractivity contribution in [2.24, 2.45) is 5.92 Å². The lowest BCUT2D eigenvalue weighted by atomic mass is 10.0. The van der Waals surface area contributed by atoms with Gasteiger partial charge in [-0.25, -0.2) is 4.39 Å². The molecule has 1 aromatic carbocycles. The fraction of sp³-hybridized carbons (Fsp3) is 0.400. The lowest BCUT2D eigenvalue weighted by Crippen LogP contribution is -2.21. The van der Waals surface area contributed by atoms with Crippen LogP contribution in [0.1, 0.15) is 63.4 Å². The van der Waals surface area contributed by atoms with Crippen LogP contribution in [0, 0.1) is 11.7 Å². The van der Waals surface area contributed by atoms with Gasteiger partial charge in [0.1, 0.15) is 5.82 Å². The second-order valence-corrected chi connectivity index (χ2v) is 8.01. The first-order valence-electron chi connectivity index (χ1n) is 10.8. The highest BCUT2D eigenvalue weighted by molar-refractivity contribution is 5.74. The van der Waals surface area contributed by atoms with Crippen LogP contribution < -0.4 is 5.32 Å².